The summed E-state index contributed by atoms with van der Waals surface area (Å²) < 4.78 is 17.4. The van der Waals surface area contributed by atoms with E-state index in [4.69, 9.17) is 24.9 Å². The van der Waals surface area contributed by atoms with Gasteiger partial charge in [0.05, 0.1) is 32.4 Å². The summed E-state index contributed by atoms with van der Waals surface area (Å²) in [5.74, 6) is 1.97. The van der Waals surface area contributed by atoms with Gasteiger partial charge >= 0.3 is 0 Å². The Bertz CT molecular complexity index is 1220. The van der Waals surface area contributed by atoms with Crippen molar-refractivity contribution in [1.29, 1.82) is 0 Å². The molecule has 0 fully saturated rings. The number of rotatable bonds is 5. The monoisotopic (exact) mass is 466 g/mol. The Hall–Kier alpha value is -3.39. The summed E-state index contributed by atoms with van der Waals surface area (Å²) in [6.07, 6.45) is 1.41. The van der Waals surface area contributed by atoms with Gasteiger partial charge in [-0.2, -0.15) is 0 Å². The number of ether oxygens (including phenoxy) is 3. The summed E-state index contributed by atoms with van der Waals surface area (Å²) in [5.41, 5.74) is 10.0. The molecule has 2 aromatic heterocycles. The average molecular weight is 467 g/mol. The number of pyridine rings is 1. The van der Waals surface area contributed by atoms with Crippen LogP contribution in [0.2, 0.25) is 0 Å². The smallest absolute Gasteiger partial charge is 0.203 e. The van der Waals surface area contributed by atoms with Crippen LogP contribution in [0.25, 0.3) is 33.4 Å². The van der Waals surface area contributed by atoms with Crippen LogP contribution in [0.1, 0.15) is 0 Å². The van der Waals surface area contributed by atoms with Crippen LogP contribution in [-0.2, 0) is 0 Å². The lowest BCUT2D eigenvalue weighted by Crippen LogP contribution is -2.00. The minimum absolute atomic E-state index is 0.374. The molecule has 0 aliphatic heterocycles. The highest BCUT2D eigenvalue weighted by molar-refractivity contribution is 9.10. The van der Waals surface area contributed by atoms with Gasteiger partial charge < -0.3 is 19.9 Å². The molecule has 4 aromatic rings. The van der Waals surface area contributed by atoms with E-state index < -0.39 is 0 Å². The van der Waals surface area contributed by atoms with Crippen LogP contribution in [0.15, 0.2) is 53.3 Å². The second-order valence-corrected chi connectivity index (χ2v) is 7.35. The minimum atomic E-state index is 0.374. The first kappa shape index (κ1) is 19.9. The van der Waals surface area contributed by atoms with Crippen LogP contribution >= 0.6 is 15.9 Å². The Balaban J connectivity index is 2.02. The van der Waals surface area contributed by atoms with E-state index in [0.29, 0.717) is 39.8 Å². The fourth-order valence-corrected chi connectivity index (χ4v) is 3.75. The quantitative estimate of drug-likeness (QED) is 0.454. The number of halogens is 1. The number of benzene rings is 2. The van der Waals surface area contributed by atoms with Crippen molar-refractivity contribution in [2.24, 2.45) is 0 Å². The maximum absolute atomic E-state index is 6.19. The zero-order valence-electron chi connectivity index (χ0n) is 16.6. The van der Waals surface area contributed by atoms with Gasteiger partial charge in [0.15, 0.2) is 17.1 Å². The lowest BCUT2D eigenvalue weighted by atomic mass is 9.99. The molecule has 0 aliphatic rings. The Labute approximate surface area is 182 Å². The van der Waals surface area contributed by atoms with Gasteiger partial charge in [0.1, 0.15) is 12.1 Å². The standard InChI is InChI=1S/C22H19BrN4O3/c1-28-17-8-13(9-18(29-2)20(17)30-3)16-10-15(12-5-4-6-14(23)7-12)19-21(24)25-11-26-22(19)27-16/h4-11H,1-3H3,(H2,24,25,26,27). The van der Waals surface area contributed by atoms with Crippen LogP contribution in [0.5, 0.6) is 17.2 Å². The fraction of sp³-hybridized carbons (Fsp3) is 0.136. The van der Waals surface area contributed by atoms with Gasteiger partial charge in [-0.1, -0.05) is 28.1 Å². The van der Waals surface area contributed by atoms with Crippen molar-refractivity contribution >= 4 is 32.8 Å². The largest absolute Gasteiger partial charge is 0.493 e. The van der Waals surface area contributed by atoms with Crippen molar-refractivity contribution in [2.45, 2.75) is 0 Å². The number of nitrogens with zero attached hydrogens (tertiary/aromatic N) is 3. The van der Waals surface area contributed by atoms with Gasteiger partial charge in [-0.05, 0) is 41.5 Å². The number of aromatic nitrogens is 3. The van der Waals surface area contributed by atoms with Crippen molar-refractivity contribution in [3.05, 3.63) is 53.3 Å². The molecule has 7 nitrogen and oxygen atoms in total. The highest BCUT2D eigenvalue weighted by Crippen LogP contribution is 2.42. The van der Waals surface area contributed by atoms with Gasteiger partial charge in [-0.3, -0.25) is 0 Å². The lowest BCUT2D eigenvalue weighted by molar-refractivity contribution is 0.324. The van der Waals surface area contributed by atoms with E-state index in [1.165, 1.54) is 6.33 Å². The molecule has 0 unspecified atom stereocenters. The van der Waals surface area contributed by atoms with Gasteiger partial charge in [0, 0.05) is 10.0 Å². The Kier molecular flexibility index (Phi) is 5.41. The molecule has 0 spiro atoms. The lowest BCUT2D eigenvalue weighted by Gasteiger charge is -2.15. The van der Waals surface area contributed by atoms with E-state index in [1.807, 2.05) is 42.5 Å². The molecule has 0 atom stereocenters. The van der Waals surface area contributed by atoms with Gasteiger partial charge in [0.25, 0.3) is 0 Å². The van der Waals surface area contributed by atoms with Gasteiger partial charge in [-0.25, -0.2) is 15.0 Å². The zero-order valence-corrected chi connectivity index (χ0v) is 18.2. The Morgan fingerprint density at radius 2 is 1.60 bits per heavy atom. The normalized spacial score (nSPS) is 10.8. The summed E-state index contributed by atoms with van der Waals surface area (Å²) in [4.78, 5) is 13.2. The molecule has 0 radical (unpaired) electrons. The van der Waals surface area contributed by atoms with Crippen LogP contribution in [0.4, 0.5) is 5.82 Å². The predicted octanol–water partition coefficient (Wildman–Crippen LogP) is 4.73. The number of nitrogens with two attached hydrogens (primary N) is 1. The van der Waals surface area contributed by atoms with Crippen molar-refractivity contribution in [3.8, 4) is 39.6 Å². The molecule has 2 aromatic carbocycles. The third kappa shape index (κ3) is 3.50. The highest BCUT2D eigenvalue weighted by Gasteiger charge is 2.18. The molecule has 0 saturated heterocycles. The fourth-order valence-electron chi connectivity index (χ4n) is 3.35. The SMILES string of the molecule is COc1cc(-c2cc(-c3cccc(Br)c3)c3c(N)ncnc3n2)cc(OC)c1OC. The first-order valence-corrected chi connectivity index (χ1v) is 9.82. The number of hydrogen-bond acceptors (Lipinski definition) is 7. The maximum atomic E-state index is 6.19. The summed E-state index contributed by atoms with van der Waals surface area (Å²) in [6, 6.07) is 13.6. The number of nitrogen functional groups attached to an aromatic ring is 1. The van der Waals surface area contributed by atoms with E-state index in [0.717, 1.165) is 21.2 Å². The molecular weight excluding hydrogens is 448 g/mol. The first-order chi connectivity index (χ1) is 14.5. The molecule has 0 bridgehead atoms. The number of fused-ring (bicyclic) bond motifs is 1. The van der Waals surface area contributed by atoms with Gasteiger partial charge in [-0.15, -0.1) is 0 Å². The number of methoxy groups -OCH3 is 3. The molecule has 0 amide bonds. The van der Waals surface area contributed by atoms with Crippen molar-refractivity contribution in [3.63, 3.8) is 0 Å². The average Bonchev–Trinajstić information content (AvgIpc) is 2.77. The van der Waals surface area contributed by atoms with Crippen LogP contribution in [0.3, 0.4) is 0 Å². The molecule has 152 valence electrons. The second-order valence-electron chi connectivity index (χ2n) is 6.44. The molecule has 30 heavy (non-hydrogen) atoms. The summed E-state index contributed by atoms with van der Waals surface area (Å²) >= 11 is 3.53. The molecule has 0 saturated carbocycles. The van der Waals surface area contributed by atoms with E-state index >= 15 is 0 Å². The van der Waals surface area contributed by atoms with Crippen molar-refractivity contribution < 1.29 is 14.2 Å². The Morgan fingerprint density at radius 1 is 0.867 bits per heavy atom. The Morgan fingerprint density at radius 3 is 2.23 bits per heavy atom. The van der Waals surface area contributed by atoms with Crippen LogP contribution in [0, 0.1) is 0 Å². The summed E-state index contributed by atoms with van der Waals surface area (Å²) in [6.45, 7) is 0. The first-order valence-electron chi connectivity index (χ1n) is 9.03. The third-order valence-electron chi connectivity index (χ3n) is 4.73. The topological polar surface area (TPSA) is 92.4 Å². The second kappa shape index (κ2) is 8.16. The number of hydrogen-bond donors (Lipinski definition) is 1. The van der Waals surface area contributed by atoms with Gasteiger partial charge in [0.2, 0.25) is 5.75 Å². The van der Waals surface area contributed by atoms with Crippen LogP contribution in [-0.4, -0.2) is 36.3 Å². The summed E-state index contributed by atoms with van der Waals surface area (Å²) in [7, 11) is 4.73. The highest BCUT2D eigenvalue weighted by atomic mass is 79.9. The molecule has 8 heteroatoms. The van der Waals surface area contributed by atoms with E-state index in [-0.39, 0.29) is 0 Å². The van der Waals surface area contributed by atoms with E-state index in [1.54, 1.807) is 21.3 Å². The van der Waals surface area contributed by atoms with Crippen LogP contribution < -0.4 is 19.9 Å². The molecule has 2 N–H and O–H groups in total. The summed E-state index contributed by atoms with van der Waals surface area (Å²) in [5, 5.41) is 0.701. The van der Waals surface area contributed by atoms with E-state index in [2.05, 4.69) is 25.9 Å². The predicted molar refractivity (Wildman–Crippen MR) is 120 cm³/mol. The maximum Gasteiger partial charge on any atom is 0.203 e. The third-order valence-corrected chi connectivity index (χ3v) is 5.22. The van der Waals surface area contributed by atoms with E-state index in [9.17, 15) is 0 Å². The molecule has 2 heterocycles. The molecule has 0 aliphatic carbocycles. The van der Waals surface area contributed by atoms with Crippen molar-refractivity contribution in [1.82, 2.24) is 15.0 Å². The van der Waals surface area contributed by atoms with Crippen molar-refractivity contribution in [2.75, 3.05) is 27.1 Å². The zero-order chi connectivity index (χ0) is 21.3. The number of anilines is 1. The molecular formula is C22H19BrN4O3. The molecule has 4 rings (SSSR count). The minimum Gasteiger partial charge on any atom is -0.493 e.